The van der Waals surface area contributed by atoms with E-state index in [4.69, 9.17) is 36.5 Å². The Kier molecular flexibility index (Phi) is 9.87. The monoisotopic (exact) mass is 749 g/mol. The van der Waals surface area contributed by atoms with E-state index >= 15 is 0 Å². The van der Waals surface area contributed by atoms with E-state index in [1.165, 1.54) is 0 Å². The van der Waals surface area contributed by atoms with E-state index in [1.54, 1.807) is 11.8 Å². The van der Waals surface area contributed by atoms with E-state index in [0.717, 1.165) is 54.3 Å². The Labute approximate surface area is 334 Å². The molecule has 0 aliphatic heterocycles. The molecule has 0 saturated carbocycles. The molecule has 0 aliphatic rings. The molecule has 7 aromatic carbocycles. The summed E-state index contributed by atoms with van der Waals surface area (Å²) in [5.41, 5.74) is 8.14. The van der Waals surface area contributed by atoms with Gasteiger partial charge < -0.3 is 0 Å². The Balaban J connectivity index is 1.04. The molecule has 0 fully saturated rings. The van der Waals surface area contributed by atoms with Gasteiger partial charge in [-0.15, -0.1) is 0 Å². The van der Waals surface area contributed by atoms with Crippen LogP contribution >= 0.6 is 11.8 Å². The lowest BCUT2D eigenvalue weighted by Crippen LogP contribution is -2.01. The molecule has 9 rings (SSSR count). The minimum Gasteiger partial charge on any atom is -0.238 e. The van der Waals surface area contributed by atoms with Gasteiger partial charge in [-0.05, 0) is 29.3 Å². The summed E-state index contributed by atoms with van der Waals surface area (Å²) < 4.78 is 0. The van der Waals surface area contributed by atoms with Gasteiger partial charge in [0.2, 0.25) is 0 Å². The largest absolute Gasteiger partial charge is 0.238 e. The van der Waals surface area contributed by atoms with E-state index in [9.17, 15) is 0 Å². The Hall–Kier alpha value is -7.60. The van der Waals surface area contributed by atoms with E-state index in [1.807, 2.05) is 140 Å². The van der Waals surface area contributed by atoms with Crippen LogP contribution in [0.4, 0.5) is 5.69 Å². The van der Waals surface area contributed by atoms with Gasteiger partial charge in [-0.25, -0.2) is 34.7 Å². The van der Waals surface area contributed by atoms with Gasteiger partial charge >= 0.3 is 0 Å². The number of nitrogens with zero attached hydrogens (tertiary/aromatic N) is 7. The van der Waals surface area contributed by atoms with Crippen LogP contribution in [0.2, 0.25) is 0 Å². The average molecular weight is 750 g/mol. The molecule has 0 amide bonds. The zero-order valence-corrected chi connectivity index (χ0v) is 31.3. The Morgan fingerprint density at radius 2 is 0.649 bits per heavy atom. The molecule has 0 bridgehead atoms. The van der Waals surface area contributed by atoms with Crippen molar-refractivity contribution in [2.75, 3.05) is 0 Å². The van der Waals surface area contributed by atoms with Crippen molar-refractivity contribution >= 4 is 17.4 Å². The average Bonchev–Trinajstić information content (AvgIpc) is 3.30. The third-order valence-electron chi connectivity index (χ3n) is 9.31. The predicted octanol–water partition coefficient (Wildman–Crippen LogP) is 12.4. The van der Waals surface area contributed by atoms with Gasteiger partial charge in [-0.3, -0.25) is 0 Å². The molecule has 0 radical (unpaired) electrons. The molecule has 9 aromatic rings. The van der Waals surface area contributed by atoms with Crippen LogP contribution in [0, 0.1) is 6.57 Å². The third kappa shape index (κ3) is 7.82. The summed E-state index contributed by atoms with van der Waals surface area (Å²) in [5.74, 6) is 3.63. The van der Waals surface area contributed by atoms with E-state index < -0.39 is 0 Å². The van der Waals surface area contributed by atoms with Crippen molar-refractivity contribution in [2.24, 2.45) is 0 Å². The summed E-state index contributed by atoms with van der Waals surface area (Å²) in [6.45, 7) is 7.26. The lowest BCUT2D eigenvalue weighted by Gasteiger charge is -2.12. The molecule has 0 N–H and O–H groups in total. The molecule has 7 nitrogen and oxygen atoms in total. The van der Waals surface area contributed by atoms with Crippen molar-refractivity contribution in [1.29, 1.82) is 0 Å². The van der Waals surface area contributed by atoms with Crippen LogP contribution in [0.15, 0.2) is 198 Å². The lowest BCUT2D eigenvalue weighted by molar-refractivity contribution is 1.07. The van der Waals surface area contributed by atoms with Crippen molar-refractivity contribution < 1.29 is 0 Å². The second-order valence-corrected chi connectivity index (χ2v) is 14.2. The maximum Gasteiger partial charge on any atom is 0.187 e. The summed E-state index contributed by atoms with van der Waals surface area (Å²) in [6.07, 6.45) is 0. The first-order chi connectivity index (χ1) is 28.2. The molecule has 2 aromatic heterocycles. The molecule has 0 unspecified atom stereocenters. The first kappa shape index (κ1) is 35.1. The van der Waals surface area contributed by atoms with Crippen molar-refractivity contribution in [2.45, 2.75) is 9.79 Å². The van der Waals surface area contributed by atoms with Gasteiger partial charge in [0.1, 0.15) is 0 Å². The molecule has 8 heteroatoms. The molecule has 2 heterocycles. The maximum atomic E-state index is 7.26. The number of benzene rings is 7. The van der Waals surface area contributed by atoms with Crippen LogP contribution in [0.1, 0.15) is 0 Å². The van der Waals surface area contributed by atoms with Gasteiger partial charge in [-0.2, -0.15) is 0 Å². The van der Waals surface area contributed by atoms with Crippen LogP contribution in [0.5, 0.6) is 0 Å². The summed E-state index contributed by atoms with van der Waals surface area (Å²) in [4.78, 5) is 35.2. The highest BCUT2D eigenvalue weighted by Gasteiger charge is 2.17. The smallest absolute Gasteiger partial charge is 0.187 e. The van der Waals surface area contributed by atoms with E-state index in [2.05, 4.69) is 53.4 Å². The van der Waals surface area contributed by atoms with Gasteiger partial charge in [-0.1, -0.05) is 182 Å². The molecule has 0 aliphatic carbocycles. The first-order valence-electron chi connectivity index (χ1n) is 18.3. The van der Waals surface area contributed by atoms with Gasteiger partial charge in [0.05, 0.1) is 6.57 Å². The summed E-state index contributed by atoms with van der Waals surface area (Å²) in [7, 11) is 0. The highest BCUT2D eigenvalue weighted by Crippen LogP contribution is 2.37. The zero-order chi connectivity index (χ0) is 38.4. The lowest BCUT2D eigenvalue weighted by atomic mass is 10.0. The minimum absolute atomic E-state index is 0.583. The van der Waals surface area contributed by atoms with Crippen molar-refractivity contribution in [3.8, 4) is 79.5 Å². The molecule has 0 atom stereocenters. The van der Waals surface area contributed by atoms with Gasteiger partial charge in [0.25, 0.3) is 0 Å². The topological polar surface area (TPSA) is 81.7 Å². The highest BCUT2D eigenvalue weighted by atomic mass is 32.2. The molecule has 0 spiro atoms. The number of hydrogen-bond acceptors (Lipinski definition) is 7. The highest BCUT2D eigenvalue weighted by molar-refractivity contribution is 7.99. The van der Waals surface area contributed by atoms with Crippen molar-refractivity contribution in [1.82, 2.24) is 29.9 Å². The van der Waals surface area contributed by atoms with Gasteiger partial charge in [0, 0.05) is 43.2 Å². The van der Waals surface area contributed by atoms with E-state index in [-0.39, 0.29) is 0 Å². The normalized spacial score (nSPS) is 10.9. The minimum atomic E-state index is 0.583. The summed E-state index contributed by atoms with van der Waals surface area (Å²) in [6, 6.07) is 62.3. The number of hydrogen-bond donors (Lipinski definition) is 0. The number of rotatable bonds is 9. The second kappa shape index (κ2) is 16.0. The Bertz CT molecular complexity index is 2790. The first-order valence-corrected chi connectivity index (χ1v) is 19.1. The SMILES string of the molecule is [C-]#[N+]c1ccc(-c2ccc(-c3nc(-c4ccccc4)nc(-c4ccccc4Sc4ccc(-c5nc(-c6ccccc6)nc(-c6ccccc6)n5)cc4)n3)cc2)cc1. The summed E-state index contributed by atoms with van der Waals surface area (Å²) in [5, 5.41) is 0. The molecule has 268 valence electrons. The van der Waals surface area contributed by atoms with Crippen LogP contribution in [0.25, 0.3) is 84.3 Å². The van der Waals surface area contributed by atoms with Gasteiger partial charge in [0.15, 0.2) is 40.6 Å². The van der Waals surface area contributed by atoms with Crippen LogP contribution < -0.4 is 0 Å². The molecule has 0 saturated heterocycles. The molecular weight excluding hydrogens is 719 g/mol. The molecule has 57 heavy (non-hydrogen) atoms. The van der Waals surface area contributed by atoms with Crippen molar-refractivity contribution in [3.63, 3.8) is 0 Å². The van der Waals surface area contributed by atoms with Crippen LogP contribution in [-0.4, -0.2) is 29.9 Å². The second-order valence-electron chi connectivity index (χ2n) is 13.1. The fraction of sp³-hybridized carbons (Fsp3) is 0. The third-order valence-corrected chi connectivity index (χ3v) is 10.4. The number of aromatic nitrogens is 6. The Morgan fingerprint density at radius 1 is 0.316 bits per heavy atom. The standard InChI is InChI=1S/C49H31N7S/c1-50-40-29-25-34(26-30-40)33-21-23-38(24-22-33)48-54-46(37-17-9-4-10-18-37)55-49(56-48)42-19-11-12-20-43(42)57-41-31-27-39(28-32-41)47-52-44(35-13-5-2-6-14-35)51-45(53-47)36-15-7-3-8-16-36/h2-32H. The fourth-order valence-electron chi connectivity index (χ4n) is 6.36. The maximum absolute atomic E-state index is 7.26. The molecular formula is C49H31N7S. The van der Waals surface area contributed by atoms with Crippen LogP contribution in [-0.2, 0) is 0 Å². The van der Waals surface area contributed by atoms with Crippen LogP contribution in [0.3, 0.4) is 0 Å². The fourth-order valence-corrected chi connectivity index (χ4v) is 7.30. The van der Waals surface area contributed by atoms with E-state index in [0.29, 0.717) is 40.6 Å². The van der Waals surface area contributed by atoms with Crippen molar-refractivity contribution in [3.05, 3.63) is 199 Å². The zero-order valence-electron chi connectivity index (χ0n) is 30.4. The Morgan fingerprint density at radius 3 is 1.09 bits per heavy atom. The predicted molar refractivity (Wildman–Crippen MR) is 228 cm³/mol. The summed E-state index contributed by atoms with van der Waals surface area (Å²) >= 11 is 1.65. The quantitative estimate of drug-likeness (QED) is 0.136.